The van der Waals surface area contributed by atoms with Crippen LogP contribution in [0.2, 0.25) is 0 Å². The van der Waals surface area contributed by atoms with Gasteiger partial charge >= 0.3 is 0 Å². The fourth-order valence-electron chi connectivity index (χ4n) is 2.71. The molecule has 0 amide bonds. The van der Waals surface area contributed by atoms with Crippen LogP contribution in [0, 0.1) is 0 Å². The molecular weight excluding hydrogens is 288 g/mol. The third kappa shape index (κ3) is 8.06. The van der Waals surface area contributed by atoms with Gasteiger partial charge in [-0.3, -0.25) is 4.79 Å². The summed E-state index contributed by atoms with van der Waals surface area (Å²) >= 11 is 0. The molecule has 0 spiro atoms. The molecule has 0 aliphatic heterocycles. The number of ketones is 1. The zero-order chi connectivity index (χ0) is 16.9. The van der Waals surface area contributed by atoms with Crippen LogP contribution in [0.3, 0.4) is 0 Å². The van der Waals surface area contributed by atoms with E-state index in [1.54, 1.807) is 32.4 Å². The molecule has 1 rings (SSSR count). The highest BCUT2D eigenvalue weighted by atomic mass is 16.5. The minimum Gasteiger partial charge on any atom is -0.497 e. The molecule has 0 aliphatic rings. The van der Waals surface area contributed by atoms with Crippen molar-refractivity contribution in [2.24, 2.45) is 0 Å². The second kappa shape index (κ2) is 12.0. The highest BCUT2D eigenvalue weighted by Gasteiger charge is 2.09. The first-order chi connectivity index (χ1) is 11.2. The number of ether oxygens (including phenoxy) is 2. The minimum absolute atomic E-state index is 0.171. The molecule has 23 heavy (non-hydrogen) atoms. The predicted molar refractivity (Wildman–Crippen MR) is 95.7 cm³/mol. The molecule has 3 nitrogen and oxygen atoms in total. The SMILES string of the molecule is CCCCCCCCCCCC(=O)c1cc(OC)cc(OC)c1. The van der Waals surface area contributed by atoms with Crippen LogP contribution in [0.5, 0.6) is 11.5 Å². The van der Waals surface area contributed by atoms with Crippen LogP contribution in [0.25, 0.3) is 0 Å². The molecule has 130 valence electrons. The summed E-state index contributed by atoms with van der Waals surface area (Å²) in [6.07, 6.45) is 12.0. The Labute approximate surface area is 141 Å². The molecule has 0 aliphatic carbocycles. The summed E-state index contributed by atoms with van der Waals surface area (Å²) < 4.78 is 10.4. The van der Waals surface area contributed by atoms with E-state index in [1.165, 1.54) is 44.9 Å². The standard InChI is InChI=1S/C20H32O3/c1-4-5-6-7-8-9-10-11-12-13-20(21)17-14-18(22-2)16-19(15-17)23-3/h14-16H,4-13H2,1-3H3. The summed E-state index contributed by atoms with van der Waals surface area (Å²) in [5.74, 6) is 1.50. The van der Waals surface area contributed by atoms with Gasteiger partial charge in [-0.25, -0.2) is 0 Å². The second-order valence-electron chi connectivity index (χ2n) is 6.10. The van der Waals surface area contributed by atoms with Crippen molar-refractivity contribution in [3.05, 3.63) is 23.8 Å². The van der Waals surface area contributed by atoms with Gasteiger partial charge in [-0.15, -0.1) is 0 Å². The lowest BCUT2D eigenvalue weighted by Gasteiger charge is -2.08. The number of carbonyl (C=O) groups is 1. The maximum Gasteiger partial charge on any atom is 0.163 e. The molecule has 0 bridgehead atoms. The van der Waals surface area contributed by atoms with Crippen LogP contribution in [0.4, 0.5) is 0 Å². The highest BCUT2D eigenvalue weighted by molar-refractivity contribution is 5.96. The second-order valence-corrected chi connectivity index (χ2v) is 6.10. The monoisotopic (exact) mass is 320 g/mol. The van der Waals surface area contributed by atoms with Gasteiger partial charge in [-0.05, 0) is 18.6 Å². The molecule has 0 N–H and O–H groups in total. The molecule has 0 saturated carbocycles. The van der Waals surface area contributed by atoms with Crippen molar-refractivity contribution in [1.82, 2.24) is 0 Å². The number of hydrogen-bond acceptors (Lipinski definition) is 3. The van der Waals surface area contributed by atoms with Crippen LogP contribution < -0.4 is 9.47 Å². The third-order valence-electron chi connectivity index (χ3n) is 4.18. The van der Waals surface area contributed by atoms with Gasteiger partial charge in [0.05, 0.1) is 14.2 Å². The van der Waals surface area contributed by atoms with Crippen molar-refractivity contribution in [1.29, 1.82) is 0 Å². The molecular formula is C20H32O3. The van der Waals surface area contributed by atoms with Gasteiger partial charge in [0.15, 0.2) is 5.78 Å². The molecule has 0 unspecified atom stereocenters. The van der Waals surface area contributed by atoms with Gasteiger partial charge in [-0.2, -0.15) is 0 Å². The summed E-state index contributed by atoms with van der Waals surface area (Å²) in [4.78, 5) is 12.3. The molecule has 0 fully saturated rings. The number of rotatable bonds is 13. The largest absolute Gasteiger partial charge is 0.497 e. The summed E-state index contributed by atoms with van der Waals surface area (Å²) in [7, 11) is 3.20. The number of Topliss-reactive ketones (excluding diaryl/α,β-unsaturated/α-hetero) is 1. The lowest BCUT2D eigenvalue weighted by atomic mass is 10.0. The fourth-order valence-corrected chi connectivity index (χ4v) is 2.71. The molecule has 0 heterocycles. The van der Waals surface area contributed by atoms with Gasteiger partial charge in [0, 0.05) is 18.1 Å². The number of hydrogen-bond donors (Lipinski definition) is 0. The molecule has 0 atom stereocenters. The Bertz CT molecular complexity index is 432. The first-order valence-electron chi connectivity index (χ1n) is 8.97. The van der Waals surface area contributed by atoms with Gasteiger partial charge < -0.3 is 9.47 Å². The fraction of sp³-hybridized carbons (Fsp3) is 0.650. The molecule has 0 radical (unpaired) electrons. The third-order valence-corrected chi connectivity index (χ3v) is 4.18. The molecule has 0 saturated heterocycles. The molecule has 1 aromatic carbocycles. The number of unbranched alkanes of at least 4 members (excludes halogenated alkanes) is 8. The molecule has 1 aromatic rings. The van der Waals surface area contributed by atoms with Crippen LogP contribution in [-0.4, -0.2) is 20.0 Å². The van der Waals surface area contributed by atoms with Gasteiger partial charge in [0.25, 0.3) is 0 Å². The topological polar surface area (TPSA) is 35.5 Å². The molecule has 0 aromatic heterocycles. The van der Waals surface area contributed by atoms with Crippen LogP contribution in [0.15, 0.2) is 18.2 Å². The predicted octanol–water partition coefficient (Wildman–Crippen LogP) is 5.81. The van der Waals surface area contributed by atoms with E-state index in [4.69, 9.17) is 9.47 Å². The van der Waals surface area contributed by atoms with Crippen LogP contribution in [-0.2, 0) is 0 Å². The van der Waals surface area contributed by atoms with Crippen LogP contribution in [0.1, 0.15) is 81.5 Å². The van der Waals surface area contributed by atoms with E-state index >= 15 is 0 Å². The number of carbonyl (C=O) groups excluding carboxylic acids is 1. The summed E-state index contributed by atoms with van der Waals surface area (Å²) in [5.41, 5.74) is 0.681. The van der Waals surface area contributed by atoms with E-state index in [0.29, 0.717) is 23.5 Å². The summed E-state index contributed by atoms with van der Waals surface area (Å²) in [5, 5.41) is 0. The quantitative estimate of drug-likeness (QED) is 0.340. The van der Waals surface area contributed by atoms with E-state index in [0.717, 1.165) is 12.8 Å². The summed E-state index contributed by atoms with van der Waals surface area (Å²) in [6.45, 7) is 2.24. The smallest absolute Gasteiger partial charge is 0.163 e. The van der Waals surface area contributed by atoms with Crippen molar-refractivity contribution >= 4 is 5.78 Å². The normalized spacial score (nSPS) is 10.6. The highest BCUT2D eigenvalue weighted by Crippen LogP contribution is 2.24. The lowest BCUT2D eigenvalue weighted by Crippen LogP contribution is -2.00. The van der Waals surface area contributed by atoms with Gasteiger partial charge in [-0.1, -0.05) is 58.3 Å². The van der Waals surface area contributed by atoms with E-state index in [1.807, 2.05) is 0 Å². The Morgan fingerprint density at radius 3 is 1.74 bits per heavy atom. The Morgan fingerprint density at radius 1 is 0.783 bits per heavy atom. The Balaban J connectivity index is 2.24. The van der Waals surface area contributed by atoms with Crippen molar-refractivity contribution < 1.29 is 14.3 Å². The van der Waals surface area contributed by atoms with E-state index in [-0.39, 0.29) is 5.78 Å². The van der Waals surface area contributed by atoms with E-state index in [2.05, 4.69) is 6.92 Å². The van der Waals surface area contributed by atoms with Gasteiger partial charge in [0.2, 0.25) is 0 Å². The Hall–Kier alpha value is -1.51. The zero-order valence-corrected chi connectivity index (χ0v) is 15.0. The van der Waals surface area contributed by atoms with E-state index < -0.39 is 0 Å². The first-order valence-corrected chi connectivity index (χ1v) is 8.97. The average Bonchev–Trinajstić information content (AvgIpc) is 2.59. The summed E-state index contributed by atoms with van der Waals surface area (Å²) in [6, 6.07) is 5.37. The Morgan fingerprint density at radius 2 is 1.26 bits per heavy atom. The van der Waals surface area contributed by atoms with Crippen molar-refractivity contribution in [3.8, 4) is 11.5 Å². The lowest BCUT2D eigenvalue weighted by molar-refractivity contribution is 0.0978. The zero-order valence-electron chi connectivity index (χ0n) is 15.0. The van der Waals surface area contributed by atoms with Crippen molar-refractivity contribution in [2.75, 3.05) is 14.2 Å². The maximum absolute atomic E-state index is 12.3. The first kappa shape index (κ1) is 19.5. The maximum atomic E-state index is 12.3. The van der Waals surface area contributed by atoms with Crippen molar-refractivity contribution in [3.63, 3.8) is 0 Å². The number of benzene rings is 1. The minimum atomic E-state index is 0.171. The number of methoxy groups -OCH3 is 2. The van der Waals surface area contributed by atoms with Gasteiger partial charge in [0.1, 0.15) is 11.5 Å². The van der Waals surface area contributed by atoms with E-state index in [9.17, 15) is 4.79 Å². The van der Waals surface area contributed by atoms with Crippen molar-refractivity contribution in [2.45, 2.75) is 71.1 Å². The average molecular weight is 320 g/mol. The van der Waals surface area contributed by atoms with Crippen LogP contribution >= 0.6 is 0 Å². The molecule has 3 heteroatoms. The Kier molecular flexibility index (Phi) is 10.2.